The summed E-state index contributed by atoms with van der Waals surface area (Å²) in [6, 6.07) is 6.17. The Labute approximate surface area is 219 Å². The lowest BCUT2D eigenvalue weighted by Crippen LogP contribution is -2.51. The fourth-order valence-corrected chi connectivity index (χ4v) is 6.11. The summed E-state index contributed by atoms with van der Waals surface area (Å²) in [6.07, 6.45) is 10.0. The molecule has 2 N–H and O–H groups in total. The molecule has 3 atom stereocenters. The number of nitrogens with one attached hydrogen (secondary N) is 2. The van der Waals surface area contributed by atoms with Crippen molar-refractivity contribution in [2.45, 2.75) is 56.1 Å². The Morgan fingerprint density at radius 1 is 1.21 bits per heavy atom. The number of carbonyl (C=O) groups excluding carboxylic acids is 1. The van der Waals surface area contributed by atoms with E-state index in [-0.39, 0.29) is 24.1 Å². The number of nitrogens with zero attached hydrogens (tertiary/aromatic N) is 5. The van der Waals surface area contributed by atoms with Crippen LogP contribution in [0.5, 0.6) is 0 Å². The lowest BCUT2D eigenvalue weighted by atomic mass is 9.89. The molecular weight excluding hydrogens is 486 g/mol. The van der Waals surface area contributed by atoms with E-state index < -0.39 is 5.79 Å². The van der Waals surface area contributed by atoms with Gasteiger partial charge in [0, 0.05) is 62.5 Å². The number of amides is 1. The molecule has 1 saturated heterocycles. The molecule has 1 aliphatic heterocycles. The number of rotatable bonds is 6. The predicted molar refractivity (Wildman–Crippen MR) is 140 cm³/mol. The maximum absolute atomic E-state index is 13.2. The Morgan fingerprint density at radius 2 is 2.08 bits per heavy atom. The van der Waals surface area contributed by atoms with Crippen LogP contribution in [-0.2, 0) is 14.2 Å². The summed E-state index contributed by atoms with van der Waals surface area (Å²) in [7, 11) is 3.51. The lowest BCUT2D eigenvalue weighted by molar-refractivity contribution is -0.152. The van der Waals surface area contributed by atoms with Crippen molar-refractivity contribution in [1.82, 2.24) is 29.5 Å². The number of carbonyl (C=O) groups is 1. The number of ether oxygens (including phenoxy) is 3. The molecule has 3 fully saturated rings. The Balaban J connectivity index is 1.29. The highest BCUT2D eigenvalue weighted by atomic mass is 16.7. The Morgan fingerprint density at radius 3 is 2.84 bits per heavy atom. The average molecular weight is 518 g/mol. The molecule has 2 aliphatic carbocycles. The zero-order valence-electron chi connectivity index (χ0n) is 21.5. The number of hydrogen-bond acceptors (Lipinski definition) is 8. The third-order valence-electron chi connectivity index (χ3n) is 8.28. The van der Waals surface area contributed by atoms with Gasteiger partial charge in [-0.1, -0.05) is 0 Å². The van der Waals surface area contributed by atoms with Crippen LogP contribution >= 0.6 is 0 Å². The van der Waals surface area contributed by atoms with Crippen LogP contribution in [0.3, 0.4) is 0 Å². The molecule has 1 spiro atoms. The van der Waals surface area contributed by atoms with E-state index >= 15 is 0 Å². The highest BCUT2D eigenvalue weighted by molar-refractivity contribution is 6.01. The maximum Gasteiger partial charge on any atom is 0.257 e. The van der Waals surface area contributed by atoms with E-state index in [2.05, 4.69) is 32.6 Å². The van der Waals surface area contributed by atoms with E-state index in [1.807, 2.05) is 25.4 Å². The fraction of sp³-hybridized carbons (Fsp3) is 0.481. The first kappa shape index (κ1) is 23.6. The molecule has 4 aromatic rings. The van der Waals surface area contributed by atoms with E-state index in [4.69, 9.17) is 24.2 Å². The molecular formula is C27H31N7O4. The zero-order chi connectivity index (χ0) is 25.9. The summed E-state index contributed by atoms with van der Waals surface area (Å²) < 4.78 is 21.3. The van der Waals surface area contributed by atoms with Gasteiger partial charge < -0.3 is 29.4 Å². The molecule has 1 amide bonds. The molecule has 2 saturated carbocycles. The van der Waals surface area contributed by atoms with Crippen LogP contribution in [-0.4, -0.2) is 75.4 Å². The minimum Gasteiger partial charge on any atom is -0.379 e. The van der Waals surface area contributed by atoms with Crippen molar-refractivity contribution in [2.75, 3.05) is 32.7 Å². The zero-order valence-corrected chi connectivity index (χ0v) is 21.5. The van der Waals surface area contributed by atoms with Crippen molar-refractivity contribution >= 4 is 28.4 Å². The number of methoxy groups -OCH3 is 1. The summed E-state index contributed by atoms with van der Waals surface area (Å²) in [5.41, 5.74) is 3.52. The second kappa shape index (κ2) is 9.04. The first-order valence-electron chi connectivity index (χ1n) is 13.2. The van der Waals surface area contributed by atoms with Gasteiger partial charge in [-0.25, -0.2) is 9.97 Å². The second-order valence-electron chi connectivity index (χ2n) is 10.3. The van der Waals surface area contributed by atoms with Crippen molar-refractivity contribution in [2.24, 2.45) is 0 Å². The smallest absolute Gasteiger partial charge is 0.257 e. The van der Waals surface area contributed by atoms with Gasteiger partial charge in [-0.3, -0.25) is 4.79 Å². The largest absolute Gasteiger partial charge is 0.379 e. The van der Waals surface area contributed by atoms with Crippen LogP contribution in [0.4, 0.5) is 5.82 Å². The Kier molecular flexibility index (Phi) is 5.60. The highest BCUT2D eigenvalue weighted by Gasteiger charge is 2.45. The molecule has 5 heterocycles. The van der Waals surface area contributed by atoms with E-state index in [0.29, 0.717) is 24.4 Å². The maximum atomic E-state index is 13.2. The molecule has 3 aliphatic rings. The van der Waals surface area contributed by atoms with Crippen LogP contribution < -0.4 is 10.6 Å². The second-order valence-corrected chi connectivity index (χ2v) is 10.3. The number of aromatic nitrogens is 5. The summed E-state index contributed by atoms with van der Waals surface area (Å²) >= 11 is 0. The van der Waals surface area contributed by atoms with Crippen molar-refractivity contribution in [1.29, 1.82) is 0 Å². The van der Waals surface area contributed by atoms with Crippen LogP contribution in [0.2, 0.25) is 0 Å². The summed E-state index contributed by atoms with van der Waals surface area (Å²) in [4.78, 5) is 22.9. The molecule has 0 aromatic carbocycles. The molecule has 11 nitrogen and oxygen atoms in total. The summed E-state index contributed by atoms with van der Waals surface area (Å²) in [5, 5.41) is 11.8. The monoisotopic (exact) mass is 517 g/mol. The number of anilines is 1. The van der Waals surface area contributed by atoms with Crippen molar-refractivity contribution in [3.8, 4) is 11.3 Å². The molecule has 0 radical (unpaired) electrons. The highest BCUT2D eigenvalue weighted by Crippen LogP contribution is 2.45. The molecule has 198 valence electrons. The van der Waals surface area contributed by atoms with Gasteiger partial charge in [0.15, 0.2) is 11.4 Å². The first-order chi connectivity index (χ1) is 18.6. The number of hydrogen-bond donors (Lipinski definition) is 2. The van der Waals surface area contributed by atoms with Gasteiger partial charge in [-0.15, -0.1) is 0 Å². The standard InChI is InChI=1S/C27H31N7O4/c1-28-23-12-21(31-25-18(14-30-34(23)25)26(35)32-20-5-6-22(20)36-2)19-15-33(24-17(19)4-3-9-29-24)16-7-8-27(13-16)37-10-11-38-27/h3-4,9,12,14-16,20,22,28H,5-8,10-11,13H2,1-2H3,(H,32,35)/t16-,20?,22+/m1/s1. The van der Waals surface area contributed by atoms with Gasteiger partial charge >= 0.3 is 0 Å². The minimum absolute atomic E-state index is 0.000912. The Hall–Kier alpha value is -3.54. The van der Waals surface area contributed by atoms with Crippen LogP contribution in [0.15, 0.2) is 36.8 Å². The van der Waals surface area contributed by atoms with Crippen LogP contribution in [0.25, 0.3) is 27.9 Å². The van der Waals surface area contributed by atoms with E-state index in [9.17, 15) is 4.79 Å². The van der Waals surface area contributed by atoms with Gasteiger partial charge in [0.25, 0.3) is 5.91 Å². The fourth-order valence-electron chi connectivity index (χ4n) is 6.11. The molecule has 11 heteroatoms. The van der Waals surface area contributed by atoms with Gasteiger partial charge in [0.2, 0.25) is 0 Å². The number of pyridine rings is 1. The third-order valence-corrected chi connectivity index (χ3v) is 8.28. The van der Waals surface area contributed by atoms with E-state index in [1.165, 1.54) is 0 Å². The molecule has 1 unspecified atom stereocenters. The SMILES string of the molecule is CNc1cc(-c2cn([C@@H]3CCC4(C3)OCCO4)c3ncccc23)nc2c(C(=O)NC3CC[C@@H]3OC)cnn12. The number of fused-ring (bicyclic) bond motifs is 2. The quantitative estimate of drug-likeness (QED) is 0.401. The first-order valence-corrected chi connectivity index (χ1v) is 13.2. The Bertz CT molecular complexity index is 1520. The molecule has 7 rings (SSSR count). The molecule has 4 aromatic heterocycles. The van der Waals surface area contributed by atoms with Crippen molar-refractivity contribution in [3.63, 3.8) is 0 Å². The van der Waals surface area contributed by atoms with Gasteiger partial charge in [0.05, 0.1) is 37.3 Å². The van der Waals surface area contributed by atoms with Gasteiger partial charge in [-0.2, -0.15) is 9.61 Å². The third kappa shape index (κ3) is 3.68. The molecule has 38 heavy (non-hydrogen) atoms. The van der Waals surface area contributed by atoms with Gasteiger partial charge in [-0.05, 0) is 31.4 Å². The van der Waals surface area contributed by atoms with Crippen LogP contribution in [0, 0.1) is 0 Å². The topological polar surface area (TPSA) is 117 Å². The van der Waals surface area contributed by atoms with E-state index in [1.54, 1.807) is 17.8 Å². The lowest BCUT2D eigenvalue weighted by Gasteiger charge is -2.35. The van der Waals surface area contributed by atoms with Crippen molar-refractivity contribution in [3.05, 3.63) is 42.4 Å². The normalized spacial score (nSPS) is 24.3. The predicted octanol–water partition coefficient (Wildman–Crippen LogP) is 3.16. The molecule has 0 bridgehead atoms. The summed E-state index contributed by atoms with van der Waals surface area (Å²) in [6.45, 7) is 1.29. The van der Waals surface area contributed by atoms with Crippen LogP contribution in [0.1, 0.15) is 48.5 Å². The van der Waals surface area contributed by atoms with Crippen molar-refractivity contribution < 1.29 is 19.0 Å². The minimum atomic E-state index is -0.477. The van der Waals surface area contributed by atoms with Gasteiger partial charge in [0.1, 0.15) is 17.0 Å². The average Bonchev–Trinajstić information content (AvgIpc) is 3.72. The van der Waals surface area contributed by atoms with E-state index in [0.717, 1.165) is 60.2 Å². The summed E-state index contributed by atoms with van der Waals surface area (Å²) in [5.74, 6) is 0.0598.